The van der Waals surface area contributed by atoms with Gasteiger partial charge in [-0.3, -0.25) is 0 Å². The zero-order chi connectivity index (χ0) is 16.2. The van der Waals surface area contributed by atoms with Gasteiger partial charge >= 0.3 is 0 Å². The summed E-state index contributed by atoms with van der Waals surface area (Å²) in [5.41, 5.74) is 4.89. The molecule has 2 heteroatoms. The molecule has 1 nitrogen and oxygen atoms in total. The molecule has 0 saturated heterocycles. The fraction of sp³-hybridized carbons (Fsp3) is 0.143. The molecular weight excluding hydrogens is 300 g/mol. The molecule has 3 aromatic rings. The Morgan fingerprint density at radius 3 is 2.43 bits per heavy atom. The van der Waals surface area contributed by atoms with Crippen LogP contribution in [0.4, 0.5) is 0 Å². The van der Waals surface area contributed by atoms with Crippen molar-refractivity contribution in [3.8, 4) is 16.2 Å². The van der Waals surface area contributed by atoms with Crippen LogP contribution in [-0.2, 0) is 0 Å². The topological polar surface area (TPSA) is 9.23 Å². The fourth-order valence-electron chi connectivity index (χ4n) is 2.54. The van der Waals surface area contributed by atoms with Crippen LogP contribution in [0, 0.1) is 13.8 Å². The van der Waals surface area contributed by atoms with Crippen molar-refractivity contribution in [2.75, 3.05) is 7.11 Å². The Kier molecular flexibility index (Phi) is 4.63. The second-order valence-electron chi connectivity index (χ2n) is 5.57. The van der Waals surface area contributed by atoms with Crippen LogP contribution >= 0.6 is 11.3 Å². The summed E-state index contributed by atoms with van der Waals surface area (Å²) in [6.45, 7) is 4.21. The average Bonchev–Trinajstić information content (AvgIpc) is 3.05. The van der Waals surface area contributed by atoms with Gasteiger partial charge in [0.15, 0.2) is 0 Å². The van der Waals surface area contributed by atoms with E-state index in [9.17, 15) is 0 Å². The summed E-state index contributed by atoms with van der Waals surface area (Å²) in [5, 5.41) is 0. The molecular formula is C21H20OS. The van der Waals surface area contributed by atoms with Crippen LogP contribution in [0.2, 0.25) is 0 Å². The summed E-state index contributed by atoms with van der Waals surface area (Å²) in [5.74, 6) is 0.945. The van der Waals surface area contributed by atoms with Crippen molar-refractivity contribution in [2.45, 2.75) is 13.8 Å². The zero-order valence-electron chi connectivity index (χ0n) is 13.7. The van der Waals surface area contributed by atoms with Crippen molar-refractivity contribution in [3.05, 3.63) is 76.2 Å². The molecule has 0 spiro atoms. The highest BCUT2D eigenvalue weighted by Crippen LogP contribution is 2.29. The minimum absolute atomic E-state index is 0.945. The Morgan fingerprint density at radius 2 is 1.70 bits per heavy atom. The van der Waals surface area contributed by atoms with Gasteiger partial charge in [0, 0.05) is 9.75 Å². The second kappa shape index (κ2) is 6.84. The van der Waals surface area contributed by atoms with Crippen molar-refractivity contribution >= 4 is 23.5 Å². The van der Waals surface area contributed by atoms with Crippen LogP contribution in [0.3, 0.4) is 0 Å². The van der Waals surface area contributed by atoms with E-state index in [1.165, 1.54) is 32.0 Å². The third-order valence-corrected chi connectivity index (χ3v) is 5.09. The third kappa shape index (κ3) is 3.54. The number of thiophene rings is 1. The molecule has 0 atom stereocenters. The molecule has 0 aliphatic rings. The fourth-order valence-corrected chi connectivity index (χ4v) is 3.46. The lowest BCUT2D eigenvalue weighted by molar-refractivity contribution is 0.411. The number of rotatable bonds is 4. The highest BCUT2D eigenvalue weighted by molar-refractivity contribution is 7.16. The van der Waals surface area contributed by atoms with Gasteiger partial charge in [-0.05, 0) is 60.4 Å². The quantitative estimate of drug-likeness (QED) is 0.555. The maximum Gasteiger partial charge on any atom is 0.122 e. The average molecular weight is 320 g/mol. The summed E-state index contributed by atoms with van der Waals surface area (Å²) in [7, 11) is 1.72. The largest absolute Gasteiger partial charge is 0.496 e. The lowest BCUT2D eigenvalue weighted by Gasteiger charge is -2.08. The van der Waals surface area contributed by atoms with Crippen LogP contribution < -0.4 is 4.74 Å². The van der Waals surface area contributed by atoms with Gasteiger partial charge in [-0.15, -0.1) is 11.3 Å². The van der Waals surface area contributed by atoms with Gasteiger partial charge in [0.25, 0.3) is 0 Å². The van der Waals surface area contributed by atoms with Crippen molar-refractivity contribution in [1.29, 1.82) is 0 Å². The first kappa shape index (κ1) is 15.6. The van der Waals surface area contributed by atoms with E-state index in [0.29, 0.717) is 0 Å². The van der Waals surface area contributed by atoms with E-state index in [2.05, 4.69) is 74.5 Å². The van der Waals surface area contributed by atoms with Crippen LogP contribution in [0.5, 0.6) is 5.75 Å². The van der Waals surface area contributed by atoms with Gasteiger partial charge in [-0.2, -0.15) is 0 Å². The molecule has 23 heavy (non-hydrogen) atoms. The Labute approximate surface area is 141 Å². The lowest BCUT2D eigenvalue weighted by atomic mass is 10.0. The minimum atomic E-state index is 0.945. The van der Waals surface area contributed by atoms with E-state index in [4.69, 9.17) is 4.74 Å². The number of ether oxygens (including phenoxy) is 1. The Bertz CT molecular complexity index is 828. The number of benzene rings is 2. The summed E-state index contributed by atoms with van der Waals surface area (Å²) >= 11 is 1.80. The van der Waals surface area contributed by atoms with Crippen molar-refractivity contribution in [2.24, 2.45) is 0 Å². The summed E-state index contributed by atoms with van der Waals surface area (Å²) in [6, 6.07) is 19.1. The van der Waals surface area contributed by atoms with Crippen LogP contribution in [0.1, 0.15) is 21.6 Å². The van der Waals surface area contributed by atoms with Crippen molar-refractivity contribution in [3.63, 3.8) is 0 Å². The Balaban J connectivity index is 1.84. The van der Waals surface area contributed by atoms with E-state index in [0.717, 1.165) is 5.75 Å². The third-order valence-electron chi connectivity index (χ3n) is 3.99. The molecule has 1 heterocycles. The smallest absolute Gasteiger partial charge is 0.122 e. The van der Waals surface area contributed by atoms with E-state index in [1.807, 2.05) is 6.07 Å². The highest BCUT2D eigenvalue weighted by Gasteiger charge is 2.04. The molecule has 0 radical (unpaired) electrons. The van der Waals surface area contributed by atoms with E-state index < -0.39 is 0 Å². The molecule has 0 saturated carbocycles. The number of hydrogen-bond donors (Lipinski definition) is 0. The highest BCUT2D eigenvalue weighted by atomic mass is 32.1. The molecule has 0 unspecified atom stereocenters. The van der Waals surface area contributed by atoms with Gasteiger partial charge in [-0.1, -0.05) is 42.5 Å². The Morgan fingerprint density at radius 1 is 0.913 bits per heavy atom. The first-order valence-corrected chi connectivity index (χ1v) is 8.47. The molecule has 1 aromatic heterocycles. The van der Waals surface area contributed by atoms with Crippen molar-refractivity contribution in [1.82, 2.24) is 0 Å². The molecule has 0 amide bonds. The second-order valence-corrected chi connectivity index (χ2v) is 6.68. The van der Waals surface area contributed by atoms with Gasteiger partial charge in [-0.25, -0.2) is 0 Å². The SMILES string of the molecule is COc1cc(/C=C/c2ccc(-c3ccccc3)s2)cc(C)c1C. The predicted octanol–water partition coefficient (Wildman–Crippen LogP) is 6.21. The molecule has 2 aromatic carbocycles. The van der Waals surface area contributed by atoms with E-state index in [1.54, 1.807) is 18.4 Å². The van der Waals surface area contributed by atoms with E-state index >= 15 is 0 Å². The molecule has 0 aliphatic carbocycles. The summed E-state index contributed by atoms with van der Waals surface area (Å²) in [4.78, 5) is 2.55. The first-order valence-electron chi connectivity index (χ1n) is 7.66. The van der Waals surface area contributed by atoms with Gasteiger partial charge in [0.05, 0.1) is 7.11 Å². The maximum atomic E-state index is 5.45. The van der Waals surface area contributed by atoms with E-state index in [-0.39, 0.29) is 0 Å². The molecule has 0 aliphatic heterocycles. The lowest BCUT2D eigenvalue weighted by Crippen LogP contribution is -1.91. The van der Waals surface area contributed by atoms with Crippen LogP contribution in [0.15, 0.2) is 54.6 Å². The summed E-state index contributed by atoms with van der Waals surface area (Å²) in [6.07, 6.45) is 4.32. The molecule has 0 bridgehead atoms. The van der Waals surface area contributed by atoms with Crippen molar-refractivity contribution < 1.29 is 4.74 Å². The van der Waals surface area contributed by atoms with Gasteiger partial charge in [0.1, 0.15) is 5.75 Å². The molecule has 3 rings (SSSR count). The van der Waals surface area contributed by atoms with Gasteiger partial charge in [0.2, 0.25) is 0 Å². The standard InChI is InChI=1S/C21H20OS/c1-15-13-17(14-20(22-3)16(15)2)9-10-19-11-12-21(23-19)18-7-5-4-6-8-18/h4-14H,1-3H3/b10-9+. The van der Waals surface area contributed by atoms with Gasteiger partial charge < -0.3 is 4.74 Å². The molecule has 0 N–H and O–H groups in total. The van der Waals surface area contributed by atoms with Crippen LogP contribution in [-0.4, -0.2) is 7.11 Å². The number of methoxy groups -OCH3 is 1. The predicted molar refractivity (Wildman–Crippen MR) is 101 cm³/mol. The van der Waals surface area contributed by atoms with Crippen LogP contribution in [0.25, 0.3) is 22.6 Å². The Hall–Kier alpha value is -2.32. The maximum absolute atomic E-state index is 5.45. The number of aryl methyl sites for hydroxylation is 1. The minimum Gasteiger partial charge on any atom is -0.496 e. The summed E-state index contributed by atoms with van der Waals surface area (Å²) < 4.78 is 5.45. The molecule has 0 fully saturated rings. The molecule has 116 valence electrons. The normalized spacial score (nSPS) is 11.1. The zero-order valence-corrected chi connectivity index (χ0v) is 14.5. The monoisotopic (exact) mass is 320 g/mol. The first-order chi connectivity index (χ1) is 11.2. The number of hydrogen-bond acceptors (Lipinski definition) is 2.